The molecule has 1 unspecified atom stereocenters. The lowest BCUT2D eigenvalue weighted by atomic mass is 10.2. The lowest BCUT2D eigenvalue weighted by Gasteiger charge is -2.23. The minimum Gasteiger partial charge on any atom is -0.360 e. The van der Waals surface area contributed by atoms with E-state index in [2.05, 4.69) is 0 Å². The number of sulfonamides is 1. The first-order chi connectivity index (χ1) is 8.46. The minimum absolute atomic E-state index is 0.230. The monoisotopic (exact) mass is 287 g/mol. The van der Waals surface area contributed by atoms with E-state index in [0.717, 1.165) is 5.56 Å². The quantitative estimate of drug-likeness (QED) is 0.855. The zero-order valence-corrected chi connectivity index (χ0v) is 11.7. The summed E-state index contributed by atoms with van der Waals surface area (Å²) in [5.41, 5.74) is 1.01. The van der Waals surface area contributed by atoms with Crippen molar-refractivity contribution in [1.29, 1.82) is 0 Å². The van der Waals surface area contributed by atoms with Gasteiger partial charge in [0.1, 0.15) is 0 Å². The largest absolute Gasteiger partial charge is 0.360 e. The number of nitrogens with zero attached hydrogens (tertiary/aromatic N) is 1. The molecular weight excluding hydrogens is 274 g/mol. The minimum atomic E-state index is -3.58. The van der Waals surface area contributed by atoms with Crippen molar-refractivity contribution in [3.05, 3.63) is 40.9 Å². The Morgan fingerprint density at radius 2 is 1.94 bits per heavy atom. The van der Waals surface area contributed by atoms with Crippen molar-refractivity contribution in [2.45, 2.75) is 18.0 Å². The van der Waals surface area contributed by atoms with Crippen molar-refractivity contribution in [2.75, 3.05) is 13.7 Å². The topological polar surface area (TPSA) is 46.6 Å². The van der Waals surface area contributed by atoms with Crippen LogP contribution in [0.3, 0.4) is 0 Å². The van der Waals surface area contributed by atoms with Crippen LogP contribution in [0, 0.1) is 6.92 Å². The van der Waals surface area contributed by atoms with Crippen molar-refractivity contribution in [3.63, 3.8) is 0 Å². The van der Waals surface area contributed by atoms with Gasteiger partial charge in [0, 0.05) is 13.7 Å². The summed E-state index contributed by atoms with van der Waals surface area (Å²) in [5, 5.41) is 0.396. The fourth-order valence-corrected chi connectivity index (χ4v) is 3.62. The maximum absolute atomic E-state index is 12.4. The molecule has 1 atom stereocenters. The maximum Gasteiger partial charge on any atom is 0.245 e. The summed E-state index contributed by atoms with van der Waals surface area (Å²) in [5.74, 6) is 0. The molecule has 1 aromatic carbocycles. The second-order valence-electron chi connectivity index (χ2n) is 4.06. The first kappa shape index (κ1) is 13.5. The second kappa shape index (κ2) is 5.01. The number of halogens is 1. The molecule has 1 aliphatic heterocycles. The highest BCUT2D eigenvalue weighted by molar-refractivity contribution is 7.89. The molecule has 6 heteroatoms. The highest BCUT2D eigenvalue weighted by Crippen LogP contribution is 2.28. The van der Waals surface area contributed by atoms with E-state index in [4.69, 9.17) is 16.3 Å². The summed E-state index contributed by atoms with van der Waals surface area (Å²) in [4.78, 5) is 0.245. The van der Waals surface area contributed by atoms with E-state index in [0.29, 0.717) is 5.03 Å². The molecule has 0 aliphatic carbocycles. The van der Waals surface area contributed by atoms with Crippen LogP contribution < -0.4 is 0 Å². The van der Waals surface area contributed by atoms with Crippen LogP contribution in [0.4, 0.5) is 0 Å². The van der Waals surface area contributed by atoms with Gasteiger partial charge < -0.3 is 4.74 Å². The lowest BCUT2D eigenvalue weighted by molar-refractivity contribution is 0.0645. The van der Waals surface area contributed by atoms with E-state index >= 15 is 0 Å². The Kier molecular flexibility index (Phi) is 3.77. The number of methoxy groups -OCH3 is 1. The molecule has 0 saturated carbocycles. The average molecular weight is 288 g/mol. The summed E-state index contributed by atoms with van der Waals surface area (Å²) in [6.07, 6.45) is 0.916. The number of hydrogen-bond acceptors (Lipinski definition) is 3. The van der Waals surface area contributed by atoms with E-state index in [9.17, 15) is 8.42 Å². The molecule has 0 saturated heterocycles. The molecule has 0 fully saturated rings. The fraction of sp³-hybridized carbons (Fsp3) is 0.333. The normalized spacial score (nSPS) is 21.1. The first-order valence-electron chi connectivity index (χ1n) is 5.43. The molecule has 0 amide bonds. The smallest absolute Gasteiger partial charge is 0.245 e. The van der Waals surface area contributed by atoms with Crippen molar-refractivity contribution in [2.24, 2.45) is 0 Å². The SMILES string of the molecule is COC1C(Cl)=CCN1S(=O)(=O)c1ccc(C)cc1. The molecule has 2 rings (SSSR count). The number of hydrogen-bond donors (Lipinski definition) is 0. The summed E-state index contributed by atoms with van der Waals surface area (Å²) in [6, 6.07) is 6.70. The van der Waals surface area contributed by atoms with Crippen LogP contribution in [0.5, 0.6) is 0 Å². The summed E-state index contributed by atoms with van der Waals surface area (Å²) in [7, 11) is -2.14. The number of aryl methyl sites for hydroxylation is 1. The van der Waals surface area contributed by atoms with Gasteiger partial charge in [-0.05, 0) is 19.1 Å². The summed E-state index contributed by atoms with van der Waals surface area (Å²) in [6.45, 7) is 2.14. The third kappa shape index (κ3) is 2.31. The predicted molar refractivity (Wildman–Crippen MR) is 69.8 cm³/mol. The third-order valence-electron chi connectivity index (χ3n) is 2.81. The Labute approximate surface area is 112 Å². The van der Waals surface area contributed by atoms with Gasteiger partial charge in [0.25, 0.3) is 0 Å². The van der Waals surface area contributed by atoms with Crippen LogP contribution in [0.25, 0.3) is 0 Å². The van der Waals surface area contributed by atoms with Gasteiger partial charge in [-0.1, -0.05) is 35.4 Å². The molecule has 0 spiro atoms. The zero-order valence-electron chi connectivity index (χ0n) is 10.1. The molecule has 0 N–H and O–H groups in total. The van der Waals surface area contributed by atoms with Gasteiger partial charge >= 0.3 is 0 Å². The Hall–Kier alpha value is -0.880. The molecule has 0 bridgehead atoms. The molecule has 4 nitrogen and oxygen atoms in total. The Bertz CT molecular complexity index is 565. The van der Waals surface area contributed by atoms with Gasteiger partial charge in [0.15, 0.2) is 6.23 Å². The van der Waals surface area contributed by atoms with Crippen molar-refractivity contribution in [3.8, 4) is 0 Å². The molecular formula is C12H14ClNO3S. The van der Waals surface area contributed by atoms with Gasteiger partial charge in [-0.25, -0.2) is 8.42 Å². The van der Waals surface area contributed by atoms with E-state index in [1.54, 1.807) is 30.3 Å². The van der Waals surface area contributed by atoms with Gasteiger partial charge in [-0.2, -0.15) is 4.31 Å². The standard InChI is InChI=1S/C12H14ClNO3S/c1-9-3-5-10(6-4-9)18(15,16)14-8-7-11(13)12(14)17-2/h3-7,12H,8H2,1-2H3. The lowest BCUT2D eigenvalue weighted by Crippen LogP contribution is -2.38. The van der Waals surface area contributed by atoms with Crippen LogP contribution in [0.2, 0.25) is 0 Å². The Morgan fingerprint density at radius 1 is 1.33 bits per heavy atom. The van der Waals surface area contributed by atoms with Gasteiger partial charge in [-0.3, -0.25) is 0 Å². The predicted octanol–water partition coefficient (Wildman–Crippen LogP) is 2.09. The molecule has 0 aromatic heterocycles. The second-order valence-corrected chi connectivity index (χ2v) is 6.39. The van der Waals surface area contributed by atoms with Crippen LogP contribution in [0.15, 0.2) is 40.3 Å². The van der Waals surface area contributed by atoms with E-state index in [1.807, 2.05) is 6.92 Å². The molecule has 0 radical (unpaired) electrons. The maximum atomic E-state index is 12.4. The van der Waals surface area contributed by atoms with E-state index < -0.39 is 16.3 Å². The van der Waals surface area contributed by atoms with Crippen LogP contribution in [0.1, 0.15) is 5.56 Å². The summed E-state index contributed by atoms with van der Waals surface area (Å²) < 4.78 is 31.2. The molecule has 98 valence electrons. The Morgan fingerprint density at radius 3 is 2.50 bits per heavy atom. The Balaban J connectivity index is 2.35. The number of rotatable bonds is 3. The van der Waals surface area contributed by atoms with Crippen molar-refractivity contribution < 1.29 is 13.2 Å². The van der Waals surface area contributed by atoms with Crippen LogP contribution >= 0.6 is 11.6 Å². The number of ether oxygens (including phenoxy) is 1. The zero-order chi connectivity index (χ0) is 13.3. The molecule has 1 heterocycles. The van der Waals surface area contributed by atoms with E-state index in [1.165, 1.54) is 11.4 Å². The molecule has 1 aromatic rings. The van der Waals surface area contributed by atoms with Gasteiger partial charge in [0.2, 0.25) is 10.0 Å². The molecule has 18 heavy (non-hydrogen) atoms. The fourth-order valence-electron chi connectivity index (χ4n) is 1.81. The van der Waals surface area contributed by atoms with Crippen LogP contribution in [-0.2, 0) is 14.8 Å². The van der Waals surface area contributed by atoms with Gasteiger partial charge in [-0.15, -0.1) is 0 Å². The summed E-state index contributed by atoms with van der Waals surface area (Å²) >= 11 is 5.92. The highest BCUT2D eigenvalue weighted by Gasteiger charge is 2.36. The van der Waals surface area contributed by atoms with E-state index in [-0.39, 0.29) is 11.4 Å². The molecule has 1 aliphatic rings. The third-order valence-corrected chi connectivity index (χ3v) is 4.98. The van der Waals surface area contributed by atoms with Gasteiger partial charge in [0.05, 0.1) is 9.93 Å². The van der Waals surface area contributed by atoms with Crippen molar-refractivity contribution in [1.82, 2.24) is 4.31 Å². The number of benzene rings is 1. The highest BCUT2D eigenvalue weighted by atomic mass is 35.5. The first-order valence-corrected chi connectivity index (χ1v) is 7.25. The van der Waals surface area contributed by atoms with Crippen LogP contribution in [-0.4, -0.2) is 32.6 Å². The average Bonchev–Trinajstić information content (AvgIpc) is 2.71. The van der Waals surface area contributed by atoms with Crippen molar-refractivity contribution >= 4 is 21.6 Å².